The van der Waals surface area contributed by atoms with Crippen molar-refractivity contribution < 1.29 is 9.21 Å². The van der Waals surface area contributed by atoms with Crippen molar-refractivity contribution >= 4 is 23.7 Å². The zero-order valence-electron chi connectivity index (χ0n) is 8.69. The van der Waals surface area contributed by atoms with Crippen LogP contribution < -0.4 is 11.1 Å². The number of aryl methyl sites for hydroxylation is 1. The van der Waals surface area contributed by atoms with Crippen LogP contribution in [0.15, 0.2) is 4.42 Å². The average Bonchev–Trinajstić information content (AvgIpc) is 2.60. The molecule has 1 heterocycles. The molecule has 7 heteroatoms. The summed E-state index contributed by atoms with van der Waals surface area (Å²) in [6.07, 6.45) is 0. The van der Waals surface area contributed by atoms with E-state index in [2.05, 4.69) is 15.5 Å². The van der Waals surface area contributed by atoms with Crippen molar-refractivity contribution in [2.24, 2.45) is 5.73 Å². The normalized spacial score (nSPS) is 12.5. The van der Waals surface area contributed by atoms with E-state index in [0.717, 1.165) is 0 Å². The van der Waals surface area contributed by atoms with Crippen LogP contribution in [0.2, 0.25) is 0 Å². The van der Waals surface area contributed by atoms with E-state index in [1.807, 2.05) is 6.92 Å². The lowest BCUT2D eigenvalue weighted by atomic mass is 10.5. The summed E-state index contributed by atoms with van der Waals surface area (Å²) in [7, 11) is 0. The first-order chi connectivity index (χ1) is 7.11. The Bertz CT molecular complexity index is 328. The van der Waals surface area contributed by atoms with Crippen molar-refractivity contribution in [3.8, 4) is 0 Å². The third-order valence-corrected chi connectivity index (χ3v) is 2.79. The first-order valence-corrected chi connectivity index (χ1v) is 5.58. The largest absolute Gasteiger partial charge is 0.408 e. The third-order valence-electron chi connectivity index (χ3n) is 1.60. The van der Waals surface area contributed by atoms with Crippen LogP contribution in [-0.4, -0.2) is 33.7 Å². The number of thioether (sulfide) groups is 1. The highest BCUT2D eigenvalue weighted by Crippen LogP contribution is 2.10. The molecule has 1 atom stereocenters. The van der Waals surface area contributed by atoms with Crippen LogP contribution in [0.4, 0.5) is 6.01 Å². The van der Waals surface area contributed by atoms with Gasteiger partial charge in [0.25, 0.3) is 0 Å². The Morgan fingerprint density at radius 3 is 2.93 bits per heavy atom. The SMILES string of the molecule is Cc1nnc(NC(=O)CSC(C)CN)o1. The number of anilines is 1. The van der Waals surface area contributed by atoms with E-state index in [1.165, 1.54) is 11.8 Å². The Morgan fingerprint density at radius 1 is 1.67 bits per heavy atom. The molecular weight excluding hydrogens is 216 g/mol. The molecule has 0 aliphatic rings. The summed E-state index contributed by atoms with van der Waals surface area (Å²) in [4.78, 5) is 11.3. The van der Waals surface area contributed by atoms with Gasteiger partial charge in [-0.1, -0.05) is 12.0 Å². The number of hydrogen-bond donors (Lipinski definition) is 2. The number of hydrogen-bond acceptors (Lipinski definition) is 6. The highest BCUT2D eigenvalue weighted by Gasteiger charge is 2.09. The second-order valence-electron chi connectivity index (χ2n) is 3.03. The zero-order valence-corrected chi connectivity index (χ0v) is 9.50. The van der Waals surface area contributed by atoms with Crippen LogP contribution in [0.25, 0.3) is 0 Å². The van der Waals surface area contributed by atoms with Gasteiger partial charge in [-0.15, -0.1) is 16.9 Å². The third kappa shape index (κ3) is 4.30. The fourth-order valence-electron chi connectivity index (χ4n) is 0.788. The molecule has 1 aromatic rings. The quantitative estimate of drug-likeness (QED) is 0.760. The molecule has 0 bridgehead atoms. The molecule has 84 valence electrons. The Morgan fingerprint density at radius 2 is 2.40 bits per heavy atom. The van der Waals surface area contributed by atoms with Crippen molar-refractivity contribution in [1.29, 1.82) is 0 Å². The molecule has 6 nitrogen and oxygen atoms in total. The van der Waals surface area contributed by atoms with Crippen molar-refractivity contribution in [1.82, 2.24) is 10.2 Å². The summed E-state index contributed by atoms with van der Waals surface area (Å²) in [5.41, 5.74) is 5.42. The summed E-state index contributed by atoms with van der Waals surface area (Å²) >= 11 is 1.48. The Balaban J connectivity index is 2.30. The van der Waals surface area contributed by atoms with Gasteiger partial charge < -0.3 is 10.2 Å². The maximum Gasteiger partial charge on any atom is 0.322 e. The smallest absolute Gasteiger partial charge is 0.322 e. The van der Waals surface area contributed by atoms with Crippen molar-refractivity contribution in [2.45, 2.75) is 19.1 Å². The lowest BCUT2D eigenvalue weighted by Crippen LogP contribution is -2.19. The predicted molar refractivity (Wildman–Crippen MR) is 58.6 cm³/mol. The average molecular weight is 230 g/mol. The fourth-order valence-corrected chi connectivity index (χ4v) is 1.43. The number of nitrogens with one attached hydrogen (secondary N) is 1. The van der Waals surface area contributed by atoms with E-state index in [0.29, 0.717) is 18.2 Å². The van der Waals surface area contributed by atoms with Gasteiger partial charge in [0.2, 0.25) is 11.8 Å². The monoisotopic (exact) mass is 230 g/mol. The number of aromatic nitrogens is 2. The number of nitrogens with two attached hydrogens (primary N) is 1. The molecule has 0 aliphatic carbocycles. The van der Waals surface area contributed by atoms with Crippen molar-refractivity contribution in [3.05, 3.63) is 5.89 Å². The highest BCUT2D eigenvalue weighted by atomic mass is 32.2. The van der Waals surface area contributed by atoms with E-state index in [4.69, 9.17) is 10.2 Å². The van der Waals surface area contributed by atoms with Crippen molar-refractivity contribution in [2.75, 3.05) is 17.6 Å². The molecule has 0 aromatic carbocycles. The maximum absolute atomic E-state index is 11.3. The molecule has 0 spiro atoms. The van der Waals surface area contributed by atoms with Crippen LogP contribution in [0, 0.1) is 6.92 Å². The van der Waals surface area contributed by atoms with Crippen LogP contribution >= 0.6 is 11.8 Å². The number of carbonyl (C=O) groups is 1. The second-order valence-corrected chi connectivity index (χ2v) is 4.46. The fraction of sp³-hybridized carbons (Fsp3) is 0.625. The summed E-state index contributed by atoms with van der Waals surface area (Å²) in [6, 6.07) is 0.138. The molecule has 1 aromatic heterocycles. The molecule has 1 unspecified atom stereocenters. The minimum atomic E-state index is -0.163. The van der Waals surface area contributed by atoms with Gasteiger partial charge >= 0.3 is 6.01 Å². The number of nitrogens with zero attached hydrogens (tertiary/aromatic N) is 2. The molecule has 1 rings (SSSR count). The number of rotatable bonds is 5. The molecule has 0 saturated heterocycles. The maximum atomic E-state index is 11.3. The van der Waals surface area contributed by atoms with Gasteiger partial charge in [0.05, 0.1) is 5.75 Å². The van der Waals surface area contributed by atoms with Gasteiger partial charge in [-0.25, -0.2) is 0 Å². The minimum absolute atomic E-state index is 0.138. The Hall–Kier alpha value is -1.08. The summed E-state index contributed by atoms with van der Waals surface area (Å²) < 4.78 is 5.00. The van der Waals surface area contributed by atoms with E-state index >= 15 is 0 Å². The first kappa shape index (κ1) is 12.0. The molecule has 0 fully saturated rings. The van der Waals surface area contributed by atoms with Gasteiger partial charge in [0.1, 0.15) is 0 Å². The molecular formula is C8H14N4O2S. The standard InChI is InChI=1S/C8H14N4O2S/c1-5(3-9)15-4-7(13)10-8-12-11-6(2)14-8/h5H,3-4,9H2,1-2H3,(H,10,12,13). The lowest BCUT2D eigenvalue weighted by molar-refractivity contribution is -0.113. The van der Waals surface area contributed by atoms with Crippen LogP contribution in [-0.2, 0) is 4.79 Å². The van der Waals surface area contributed by atoms with E-state index in [1.54, 1.807) is 6.92 Å². The van der Waals surface area contributed by atoms with Gasteiger partial charge in [-0.2, -0.15) is 0 Å². The number of carbonyl (C=O) groups excluding carboxylic acids is 1. The van der Waals surface area contributed by atoms with E-state index < -0.39 is 0 Å². The van der Waals surface area contributed by atoms with E-state index in [9.17, 15) is 4.79 Å². The van der Waals surface area contributed by atoms with Crippen LogP contribution in [0.3, 0.4) is 0 Å². The summed E-state index contributed by atoms with van der Waals surface area (Å²) in [5.74, 6) is 0.594. The summed E-state index contributed by atoms with van der Waals surface area (Å²) in [6.45, 7) is 4.18. The molecule has 0 aliphatic heterocycles. The minimum Gasteiger partial charge on any atom is -0.408 e. The zero-order chi connectivity index (χ0) is 11.3. The molecule has 1 amide bonds. The first-order valence-electron chi connectivity index (χ1n) is 4.53. The number of amides is 1. The highest BCUT2D eigenvalue weighted by molar-refractivity contribution is 8.00. The predicted octanol–water partition coefficient (Wildman–Crippen LogP) is 0.397. The Kier molecular flexibility index (Phi) is 4.57. The topological polar surface area (TPSA) is 94.0 Å². The molecule has 0 saturated carbocycles. The van der Waals surface area contributed by atoms with Gasteiger partial charge in [0.15, 0.2) is 0 Å². The van der Waals surface area contributed by atoms with E-state index in [-0.39, 0.29) is 17.2 Å². The molecule has 0 radical (unpaired) electrons. The van der Waals surface area contributed by atoms with Crippen LogP contribution in [0.5, 0.6) is 0 Å². The van der Waals surface area contributed by atoms with Gasteiger partial charge in [-0.05, 0) is 0 Å². The van der Waals surface area contributed by atoms with Crippen molar-refractivity contribution in [3.63, 3.8) is 0 Å². The lowest BCUT2D eigenvalue weighted by Gasteiger charge is -2.06. The molecule has 15 heavy (non-hydrogen) atoms. The second kappa shape index (κ2) is 5.72. The molecule has 3 N–H and O–H groups in total. The summed E-state index contributed by atoms with van der Waals surface area (Å²) in [5, 5.41) is 10.0. The van der Waals surface area contributed by atoms with Gasteiger partial charge in [0, 0.05) is 18.7 Å². The van der Waals surface area contributed by atoms with Gasteiger partial charge in [-0.3, -0.25) is 10.1 Å². The Labute approximate surface area is 92.0 Å². The van der Waals surface area contributed by atoms with Crippen LogP contribution in [0.1, 0.15) is 12.8 Å².